The largest absolute Gasteiger partial charge is 0.481 e. The van der Waals surface area contributed by atoms with Crippen molar-refractivity contribution in [2.45, 2.75) is 13.0 Å². The Morgan fingerprint density at radius 1 is 1.16 bits per heavy atom. The quantitative estimate of drug-likeness (QED) is 0.827. The number of amides is 1. The number of nitrogens with one attached hydrogen (secondary N) is 1. The lowest BCUT2D eigenvalue weighted by Crippen LogP contribution is -2.30. The molecule has 0 spiro atoms. The first-order chi connectivity index (χ1) is 9.15. The highest BCUT2D eigenvalue weighted by molar-refractivity contribution is 5.94. The Balaban J connectivity index is 1.96. The average molecular weight is 256 g/mol. The van der Waals surface area contributed by atoms with E-state index in [-0.39, 0.29) is 5.91 Å². The van der Waals surface area contributed by atoms with Gasteiger partial charge in [0.2, 0.25) is 0 Å². The monoisotopic (exact) mass is 256 g/mol. The van der Waals surface area contributed by atoms with Gasteiger partial charge in [-0.3, -0.25) is 4.79 Å². The Labute approximate surface area is 112 Å². The molecule has 98 valence electrons. The fourth-order valence-electron chi connectivity index (χ4n) is 1.62. The van der Waals surface area contributed by atoms with Crippen LogP contribution in [0.1, 0.15) is 6.92 Å². The molecule has 0 aliphatic rings. The molecule has 0 aliphatic heterocycles. The molecule has 0 saturated carbocycles. The third kappa shape index (κ3) is 3.74. The molecule has 0 bridgehead atoms. The highest BCUT2D eigenvalue weighted by Gasteiger charge is 2.14. The molecule has 1 amide bonds. The standard InChI is InChI=1S/C15H16N2O2/c1-11(19-14-8-3-2-4-9-14)15(18)17-13-7-5-6-12(16)10-13/h2-11H,16H2,1H3,(H,17,18). The van der Waals surface area contributed by atoms with E-state index < -0.39 is 6.10 Å². The summed E-state index contributed by atoms with van der Waals surface area (Å²) in [6.45, 7) is 1.70. The highest BCUT2D eigenvalue weighted by Crippen LogP contribution is 2.14. The van der Waals surface area contributed by atoms with E-state index in [9.17, 15) is 4.79 Å². The van der Waals surface area contributed by atoms with Gasteiger partial charge in [-0.05, 0) is 37.3 Å². The van der Waals surface area contributed by atoms with Crippen LogP contribution in [0.15, 0.2) is 54.6 Å². The van der Waals surface area contributed by atoms with Crippen LogP contribution in [0, 0.1) is 0 Å². The van der Waals surface area contributed by atoms with Crippen molar-refractivity contribution in [3.8, 4) is 5.75 Å². The lowest BCUT2D eigenvalue weighted by Gasteiger charge is -2.14. The van der Waals surface area contributed by atoms with Crippen molar-refractivity contribution in [2.75, 3.05) is 11.1 Å². The van der Waals surface area contributed by atoms with E-state index in [1.165, 1.54) is 0 Å². The van der Waals surface area contributed by atoms with Crippen LogP contribution >= 0.6 is 0 Å². The molecule has 0 saturated heterocycles. The number of ether oxygens (including phenoxy) is 1. The van der Waals surface area contributed by atoms with Gasteiger partial charge in [0.1, 0.15) is 5.75 Å². The Bertz CT molecular complexity index is 555. The Morgan fingerprint density at radius 2 is 1.89 bits per heavy atom. The summed E-state index contributed by atoms with van der Waals surface area (Å²) < 4.78 is 5.54. The molecule has 4 heteroatoms. The second-order valence-corrected chi connectivity index (χ2v) is 4.19. The molecule has 0 aromatic heterocycles. The van der Waals surface area contributed by atoms with Crippen molar-refractivity contribution in [3.63, 3.8) is 0 Å². The summed E-state index contributed by atoms with van der Waals surface area (Å²) in [6, 6.07) is 16.3. The van der Waals surface area contributed by atoms with Crippen molar-refractivity contribution in [2.24, 2.45) is 0 Å². The van der Waals surface area contributed by atoms with Crippen molar-refractivity contribution in [3.05, 3.63) is 54.6 Å². The molecule has 0 heterocycles. The zero-order chi connectivity index (χ0) is 13.7. The number of anilines is 2. The van der Waals surface area contributed by atoms with Gasteiger partial charge in [0.05, 0.1) is 0 Å². The number of hydrogen-bond donors (Lipinski definition) is 2. The topological polar surface area (TPSA) is 64.3 Å². The molecular formula is C15H16N2O2. The number of para-hydroxylation sites is 1. The van der Waals surface area contributed by atoms with E-state index >= 15 is 0 Å². The molecule has 19 heavy (non-hydrogen) atoms. The minimum atomic E-state index is -0.580. The first kappa shape index (κ1) is 13.0. The smallest absolute Gasteiger partial charge is 0.265 e. The third-order valence-corrected chi connectivity index (χ3v) is 2.58. The zero-order valence-corrected chi connectivity index (χ0v) is 10.7. The van der Waals surface area contributed by atoms with Crippen molar-refractivity contribution < 1.29 is 9.53 Å². The second kappa shape index (κ2) is 5.91. The van der Waals surface area contributed by atoms with Crippen LogP contribution in [0.2, 0.25) is 0 Å². The summed E-state index contributed by atoms with van der Waals surface area (Å²) in [5, 5.41) is 2.76. The summed E-state index contributed by atoms with van der Waals surface area (Å²) >= 11 is 0. The number of nitrogens with two attached hydrogens (primary N) is 1. The maximum atomic E-state index is 12.0. The van der Waals surface area contributed by atoms with E-state index in [4.69, 9.17) is 10.5 Å². The molecule has 2 aromatic carbocycles. The Kier molecular flexibility index (Phi) is 4.03. The molecule has 0 radical (unpaired) electrons. The minimum absolute atomic E-state index is 0.213. The van der Waals surface area contributed by atoms with Gasteiger partial charge < -0.3 is 15.8 Å². The van der Waals surface area contributed by atoms with Gasteiger partial charge in [-0.15, -0.1) is 0 Å². The van der Waals surface area contributed by atoms with E-state index in [2.05, 4.69) is 5.32 Å². The van der Waals surface area contributed by atoms with Gasteiger partial charge in [0, 0.05) is 11.4 Å². The molecule has 1 atom stereocenters. The number of carbonyl (C=O) groups excluding carboxylic acids is 1. The van der Waals surface area contributed by atoms with E-state index in [0.717, 1.165) is 0 Å². The van der Waals surface area contributed by atoms with Crippen LogP contribution in [0.4, 0.5) is 11.4 Å². The number of carbonyl (C=O) groups is 1. The van der Waals surface area contributed by atoms with E-state index in [0.29, 0.717) is 17.1 Å². The molecule has 0 fully saturated rings. The van der Waals surface area contributed by atoms with Gasteiger partial charge in [-0.2, -0.15) is 0 Å². The summed E-state index contributed by atoms with van der Waals surface area (Å²) in [5.41, 5.74) is 6.92. The lowest BCUT2D eigenvalue weighted by atomic mass is 10.2. The predicted molar refractivity (Wildman–Crippen MR) is 76.0 cm³/mol. The average Bonchev–Trinajstić information content (AvgIpc) is 2.40. The summed E-state index contributed by atoms with van der Waals surface area (Å²) in [4.78, 5) is 12.0. The van der Waals surface area contributed by atoms with Crippen LogP contribution < -0.4 is 15.8 Å². The van der Waals surface area contributed by atoms with Crippen LogP contribution in [-0.4, -0.2) is 12.0 Å². The van der Waals surface area contributed by atoms with Crippen molar-refractivity contribution >= 4 is 17.3 Å². The Hall–Kier alpha value is -2.49. The van der Waals surface area contributed by atoms with Crippen LogP contribution in [-0.2, 0) is 4.79 Å². The fourth-order valence-corrected chi connectivity index (χ4v) is 1.62. The minimum Gasteiger partial charge on any atom is -0.481 e. The molecule has 1 unspecified atom stereocenters. The summed E-state index contributed by atoms with van der Waals surface area (Å²) in [6.07, 6.45) is -0.580. The number of nitrogen functional groups attached to an aromatic ring is 1. The highest BCUT2D eigenvalue weighted by atomic mass is 16.5. The van der Waals surface area contributed by atoms with E-state index in [1.807, 2.05) is 30.3 Å². The maximum absolute atomic E-state index is 12.0. The lowest BCUT2D eigenvalue weighted by molar-refractivity contribution is -0.122. The van der Waals surface area contributed by atoms with Gasteiger partial charge in [-0.25, -0.2) is 0 Å². The van der Waals surface area contributed by atoms with Gasteiger partial charge >= 0.3 is 0 Å². The zero-order valence-electron chi connectivity index (χ0n) is 10.7. The van der Waals surface area contributed by atoms with Crippen molar-refractivity contribution in [1.82, 2.24) is 0 Å². The normalized spacial score (nSPS) is 11.6. The molecule has 0 aliphatic carbocycles. The molecular weight excluding hydrogens is 240 g/mol. The summed E-state index contributed by atoms with van der Waals surface area (Å²) in [7, 11) is 0. The Morgan fingerprint density at radius 3 is 2.58 bits per heavy atom. The van der Waals surface area contributed by atoms with Crippen molar-refractivity contribution in [1.29, 1.82) is 0 Å². The van der Waals surface area contributed by atoms with Gasteiger partial charge in [-0.1, -0.05) is 24.3 Å². The molecule has 2 rings (SSSR count). The van der Waals surface area contributed by atoms with Crippen LogP contribution in [0.5, 0.6) is 5.75 Å². The van der Waals surface area contributed by atoms with Crippen LogP contribution in [0.25, 0.3) is 0 Å². The third-order valence-electron chi connectivity index (χ3n) is 2.58. The van der Waals surface area contributed by atoms with E-state index in [1.54, 1.807) is 31.2 Å². The van der Waals surface area contributed by atoms with Gasteiger partial charge in [0.25, 0.3) is 5.91 Å². The predicted octanol–water partition coefficient (Wildman–Crippen LogP) is 2.67. The SMILES string of the molecule is CC(Oc1ccccc1)C(=O)Nc1cccc(N)c1. The fraction of sp³-hybridized carbons (Fsp3) is 0.133. The van der Waals surface area contributed by atoms with Gasteiger partial charge in [0.15, 0.2) is 6.10 Å². The number of hydrogen-bond acceptors (Lipinski definition) is 3. The molecule has 4 nitrogen and oxygen atoms in total. The van der Waals surface area contributed by atoms with Crippen LogP contribution in [0.3, 0.4) is 0 Å². The first-order valence-electron chi connectivity index (χ1n) is 6.03. The molecule has 2 aromatic rings. The maximum Gasteiger partial charge on any atom is 0.265 e. The number of benzene rings is 2. The first-order valence-corrected chi connectivity index (χ1v) is 6.03. The summed E-state index contributed by atoms with van der Waals surface area (Å²) in [5.74, 6) is 0.451. The number of rotatable bonds is 4. The second-order valence-electron chi connectivity index (χ2n) is 4.19. The molecule has 3 N–H and O–H groups in total.